The van der Waals surface area contributed by atoms with Crippen molar-refractivity contribution < 1.29 is 22.7 Å². The maximum atomic E-state index is 11.8. The predicted octanol–water partition coefficient (Wildman–Crippen LogP) is 2.30. The monoisotopic (exact) mass is 208 g/mol. The Balaban J connectivity index is 2.57. The third kappa shape index (κ3) is 2.27. The maximum absolute atomic E-state index is 11.8. The summed E-state index contributed by atoms with van der Waals surface area (Å²) in [5, 5.41) is 0. The molecule has 0 saturated heterocycles. The van der Waals surface area contributed by atoms with Crippen LogP contribution >= 0.6 is 0 Å². The Morgan fingerprint density at radius 1 is 1.36 bits per heavy atom. The van der Waals surface area contributed by atoms with Gasteiger partial charge in [-0.1, -0.05) is 19.9 Å². The Bertz CT molecular complexity index is 255. The van der Waals surface area contributed by atoms with Gasteiger partial charge in [0.1, 0.15) is 6.10 Å². The van der Waals surface area contributed by atoms with E-state index in [-0.39, 0.29) is 23.9 Å². The van der Waals surface area contributed by atoms with E-state index >= 15 is 0 Å². The fraction of sp³-hybridized carbons (Fsp3) is 0.667. The van der Waals surface area contributed by atoms with Crippen molar-refractivity contribution in [2.24, 2.45) is 11.3 Å². The lowest BCUT2D eigenvalue weighted by molar-refractivity contribution is -0.130. The molecule has 14 heavy (non-hydrogen) atoms. The van der Waals surface area contributed by atoms with Crippen LogP contribution in [0.5, 0.6) is 0 Å². The quantitative estimate of drug-likeness (QED) is 0.525. The van der Waals surface area contributed by atoms with Crippen LogP contribution in [0, 0.1) is 11.3 Å². The summed E-state index contributed by atoms with van der Waals surface area (Å²) in [4.78, 5) is 10.0. The smallest absolute Gasteiger partial charge is 0.409 e. The fourth-order valence-electron chi connectivity index (χ4n) is 1.51. The third-order valence-electron chi connectivity index (χ3n) is 2.50. The van der Waals surface area contributed by atoms with Gasteiger partial charge in [0.15, 0.2) is 0 Å². The number of carbonyl (C=O) groups is 1. The number of allylic oxidation sites excluding steroid dienone is 1. The summed E-state index contributed by atoms with van der Waals surface area (Å²) >= 11 is 0. The zero-order valence-electron chi connectivity index (χ0n) is 7.84. The molecule has 80 valence electrons. The molecule has 0 aromatic carbocycles. The van der Waals surface area contributed by atoms with Gasteiger partial charge < -0.3 is 4.74 Å². The van der Waals surface area contributed by atoms with Crippen LogP contribution in [-0.4, -0.2) is 18.8 Å². The van der Waals surface area contributed by atoms with Crippen LogP contribution in [0.3, 0.4) is 0 Å². The van der Waals surface area contributed by atoms with Gasteiger partial charge in [0.2, 0.25) is 0 Å². The summed E-state index contributed by atoms with van der Waals surface area (Å²) in [6.45, 7) is 3.78. The van der Waals surface area contributed by atoms with E-state index in [4.69, 9.17) is 0 Å². The second kappa shape index (κ2) is 3.29. The predicted molar refractivity (Wildman–Crippen MR) is 43.4 cm³/mol. The molecule has 0 amide bonds. The van der Waals surface area contributed by atoms with E-state index in [1.54, 1.807) is 13.8 Å². The van der Waals surface area contributed by atoms with E-state index in [1.165, 1.54) is 0 Å². The Morgan fingerprint density at radius 3 is 2.36 bits per heavy atom. The highest BCUT2D eigenvalue weighted by molar-refractivity contribution is 5.40. The molecule has 1 fully saturated rings. The number of carbonyl (C=O) groups excluding carboxylic acids is 1. The first-order valence-electron chi connectivity index (χ1n) is 4.14. The molecule has 1 saturated carbocycles. The van der Waals surface area contributed by atoms with Crippen LogP contribution in [0.4, 0.5) is 13.2 Å². The fourth-order valence-corrected chi connectivity index (χ4v) is 1.51. The first kappa shape index (κ1) is 11.1. The minimum absolute atomic E-state index is 0.188. The first-order chi connectivity index (χ1) is 6.29. The molecular formula is C9H11F3O2. The molecule has 0 heterocycles. The maximum Gasteiger partial charge on any atom is 0.409 e. The second-order valence-corrected chi connectivity index (χ2v) is 3.90. The van der Waals surface area contributed by atoms with Gasteiger partial charge in [0.05, 0.1) is 0 Å². The van der Waals surface area contributed by atoms with E-state index in [9.17, 15) is 18.0 Å². The van der Waals surface area contributed by atoms with Crippen LogP contribution in [0.15, 0.2) is 12.2 Å². The topological polar surface area (TPSA) is 26.3 Å². The van der Waals surface area contributed by atoms with Gasteiger partial charge in [-0.05, 0) is 0 Å². The molecule has 1 rings (SSSR count). The second-order valence-electron chi connectivity index (χ2n) is 3.90. The number of ether oxygens (including phenoxy) is 1. The lowest BCUT2D eigenvalue weighted by atomic mass is 10.1. The molecule has 1 aliphatic carbocycles. The summed E-state index contributed by atoms with van der Waals surface area (Å²) in [6, 6.07) is 0. The Morgan fingerprint density at radius 2 is 1.93 bits per heavy atom. The minimum Gasteiger partial charge on any atom is -0.463 e. The Hall–Kier alpha value is -1.00. The zero-order valence-corrected chi connectivity index (χ0v) is 7.84. The highest BCUT2D eigenvalue weighted by atomic mass is 19.4. The molecule has 2 nitrogen and oxygen atoms in total. The summed E-state index contributed by atoms with van der Waals surface area (Å²) < 4.78 is 40.1. The molecule has 1 aliphatic rings. The molecule has 0 radical (unpaired) electrons. The molecule has 0 spiro atoms. The largest absolute Gasteiger partial charge is 0.463 e. The van der Waals surface area contributed by atoms with E-state index in [2.05, 4.69) is 4.74 Å². The molecule has 0 aliphatic heterocycles. The molecule has 0 unspecified atom stereocenters. The van der Waals surface area contributed by atoms with Crippen molar-refractivity contribution in [1.29, 1.82) is 0 Å². The van der Waals surface area contributed by atoms with Crippen molar-refractivity contribution in [2.45, 2.75) is 26.1 Å². The van der Waals surface area contributed by atoms with Gasteiger partial charge in [-0.3, -0.25) is 4.79 Å². The van der Waals surface area contributed by atoms with E-state index in [0.717, 1.165) is 6.08 Å². The van der Waals surface area contributed by atoms with Gasteiger partial charge in [0.25, 0.3) is 6.47 Å². The van der Waals surface area contributed by atoms with Crippen molar-refractivity contribution in [3.63, 3.8) is 0 Å². The van der Waals surface area contributed by atoms with Crippen molar-refractivity contribution >= 4 is 6.47 Å². The third-order valence-corrected chi connectivity index (χ3v) is 2.50. The summed E-state index contributed by atoms with van der Waals surface area (Å²) in [5.74, 6) is -0.339. The zero-order chi connectivity index (χ0) is 11.0. The molecule has 0 bridgehead atoms. The van der Waals surface area contributed by atoms with E-state index in [1.807, 2.05) is 0 Å². The van der Waals surface area contributed by atoms with Crippen molar-refractivity contribution in [3.8, 4) is 0 Å². The summed E-state index contributed by atoms with van der Waals surface area (Å²) in [7, 11) is 0. The molecular weight excluding hydrogens is 197 g/mol. The minimum atomic E-state index is -4.30. The van der Waals surface area contributed by atoms with E-state index < -0.39 is 12.3 Å². The number of hydrogen-bond acceptors (Lipinski definition) is 2. The van der Waals surface area contributed by atoms with Crippen LogP contribution in [0.25, 0.3) is 0 Å². The highest BCUT2D eigenvalue weighted by Crippen LogP contribution is 2.54. The number of alkyl halides is 3. The number of hydrogen-bond donors (Lipinski definition) is 0. The van der Waals surface area contributed by atoms with Crippen molar-refractivity contribution in [2.75, 3.05) is 0 Å². The van der Waals surface area contributed by atoms with Crippen molar-refractivity contribution in [3.05, 3.63) is 12.2 Å². The van der Waals surface area contributed by atoms with Gasteiger partial charge >= 0.3 is 6.18 Å². The average molecular weight is 208 g/mol. The van der Waals surface area contributed by atoms with Crippen LogP contribution in [0.1, 0.15) is 13.8 Å². The molecule has 5 heteroatoms. The standard InChI is InChI=1S/C9H11F3O2/c1-8(2)6(7(8)14-5-13)3-4-9(10,11)12/h3-7H,1-2H3/b4-3+/t6-,7+/m0/s1. The lowest BCUT2D eigenvalue weighted by Gasteiger charge is -1.98. The Kier molecular flexibility index (Phi) is 2.61. The molecule has 0 aromatic rings. The van der Waals surface area contributed by atoms with Crippen LogP contribution < -0.4 is 0 Å². The number of halogens is 3. The van der Waals surface area contributed by atoms with Gasteiger partial charge in [0, 0.05) is 17.4 Å². The van der Waals surface area contributed by atoms with E-state index in [0.29, 0.717) is 0 Å². The van der Waals surface area contributed by atoms with Crippen LogP contribution in [0.2, 0.25) is 0 Å². The Labute approximate surface area is 79.7 Å². The summed E-state index contributed by atoms with van der Waals surface area (Å²) in [5.41, 5.74) is -0.386. The van der Waals surface area contributed by atoms with Gasteiger partial charge in [-0.2, -0.15) is 13.2 Å². The molecule has 0 N–H and O–H groups in total. The summed E-state index contributed by atoms with van der Waals surface area (Å²) in [6.07, 6.45) is -3.50. The van der Waals surface area contributed by atoms with Gasteiger partial charge in [-0.15, -0.1) is 0 Å². The molecule has 2 atom stereocenters. The van der Waals surface area contributed by atoms with Crippen molar-refractivity contribution in [1.82, 2.24) is 0 Å². The molecule has 0 aromatic heterocycles. The first-order valence-corrected chi connectivity index (χ1v) is 4.14. The highest BCUT2D eigenvalue weighted by Gasteiger charge is 2.59. The average Bonchev–Trinajstić information content (AvgIpc) is 2.49. The lowest BCUT2D eigenvalue weighted by Crippen LogP contribution is -2.01. The number of rotatable bonds is 3. The SMILES string of the molecule is CC1(C)[C@H](OC=O)[C@@H]1/C=C/C(F)(F)F. The van der Waals surface area contributed by atoms with Gasteiger partial charge in [-0.25, -0.2) is 0 Å². The van der Waals surface area contributed by atoms with Crippen LogP contribution in [-0.2, 0) is 9.53 Å². The normalized spacial score (nSPS) is 30.4.